The number of carbonyl (C=O) groups is 2. The summed E-state index contributed by atoms with van der Waals surface area (Å²) >= 11 is 0. The van der Waals surface area contributed by atoms with Crippen LogP contribution in [0.4, 0.5) is 0 Å². The molecular weight excluding hydrogens is 386 g/mol. The van der Waals surface area contributed by atoms with Gasteiger partial charge in [-0.1, -0.05) is 37.3 Å². The van der Waals surface area contributed by atoms with Crippen LogP contribution in [0.5, 0.6) is 17.2 Å². The van der Waals surface area contributed by atoms with Crippen molar-refractivity contribution >= 4 is 11.9 Å². The van der Waals surface area contributed by atoms with Crippen LogP contribution in [0.3, 0.4) is 0 Å². The number of ether oxygens (including phenoxy) is 4. The molecule has 0 saturated carbocycles. The molecule has 1 amide bonds. The molecule has 0 bridgehead atoms. The number of hydrogen-bond donors (Lipinski definition) is 1. The van der Waals surface area contributed by atoms with E-state index in [1.165, 1.54) is 40.4 Å². The van der Waals surface area contributed by atoms with Gasteiger partial charge in [0.25, 0.3) is 5.91 Å². The molecule has 0 aliphatic carbocycles. The summed E-state index contributed by atoms with van der Waals surface area (Å²) in [4.78, 5) is 25.0. The van der Waals surface area contributed by atoms with Gasteiger partial charge < -0.3 is 24.3 Å². The molecule has 30 heavy (non-hydrogen) atoms. The summed E-state index contributed by atoms with van der Waals surface area (Å²) in [6.07, 6.45) is -0.0750. The van der Waals surface area contributed by atoms with Gasteiger partial charge in [-0.15, -0.1) is 0 Å². The minimum atomic E-state index is -0.954. The molecule has 2 rings (SSSR count). The Morgan fingerprint density at radius 2 is 1.57 bits per heavy atom. The molecule has 0 radical (unpaired) electrons. The number of amides is 1. The van der Waals surface area contributed by atoms with Gasteiger partial charge in [-0.2, -0.15) is 0 Å². The van der Waals surface area contributed by atoms with Crippen molar-refractivity contribution in [1.29, 1.82) is 0 Å². The first-order chi connectivity index (χ1) is 14.4. The van der Waals surface area contributed by atoms with E-state index in [2.05, 4.69) is 12.2 Å². The van der Waals surface area contributed by atoms with Crippen LogP contribution in [-0.2, 0) is 9.53 Å². The zero-order valence-corrected chi connectivity index (χ0v) is 18.1. The van der Waals surface area contributed by atoms with Crippen LogP contribution in [-0.4, -0.2) is 45.9 Å². The first-order valence-electron chi connectivity index (χ1n) is 9.78. The highest BCUT2D eigenvalue weighted by atomic mass is 16.5. The molecule has 7 heteroatoms. The number of esters is 1. The van der Waals surface area contributed by atoms with E-state index in [1.807, 2.05) is 30.3 Å². The average Bonchev–Trinajstić information content (AvgIpc) is 2.78. The SMILES string of the molecule is CC[C@H](CNC(=O)[C@@H](C)OC(=O)c1cc(OC)c(OC)c(OC)c1)c1ccccc1. The first kappa shape index (κ1) is 23.1. The topological polar surface area (TPSA) is 83.1 Å². The van der Waals surface area contributed by atoms with Crippen LogP contribution in [0, 0.1) is 0 Å². The standard InChI is InChI=1S/C23H29NO6/c1-6-16(17-10-8-7-9-11-17)14-24-22(25)15(2)30-23(26)18-12-19(27-3)21(29-5)20(13-18)28-4/h7-13,15-16H,6,14H2,1-5H3,(H,24,25)/t15-,16-/m1/s1. The molecule has 0 aromatic heterocycles. The summed E-state index contributed by atoms with van der Waals surface area (Å²) in [6, 6.07) is 12.9. The Labute approximate surface area is 177 Å². The molecule has 2 aromatic carbocycles. The van der Waals surface area contributed by atoms with Crippen molar-refractivity contribution in [1.82, 2.24) is 5.32 Å². The van der Waals surface area contributed by atoms with Gasteiger partial charge >= 0.3 is 5.97 Å². The lowest BCUT2D eigenvalue weighted by Crippen LogP contribution is -2.38. The fraction of sp³-hybridized carbons (Fsp3) is 0.391. The minimum absolute atomic E-state index is 0.188. The van der Waals surface area contributed by atoms with Crippen LogP contribution in [0.2, 0.25) is 0 Å². The largest absolute Gasteiger partial charge is 0.493 e. The maximum atomic E-state index is 12.6. The number of rotatable bonds is 10. The molecule has 0 fully saturated rings. The van der Waals surface area contributed by atoms with Gasteiger partial charge in [0.05, 0.1) is 26.9 Å². The van der Waals surface area contributed by atoms with Crippen LogP contribution in [0.25, 0.3) is 0 Å². The van der Waals surface area contributed by atoms with Crippen LogP contribution >= 0.6 is 0 Å². The van der Waals surface area contributed by atoms with Crippen molar-refractivity contribution in [3.63, 3.8) is 0 Å². The third-order valence-electron chi connectivity index (χ3n) is 4.84. The fourth-order valence-corrected chi connectivity index (χ4v) is 3.07. The predicted octanol–water partition coefficient (Wildman–Crippen LogP) is 3.57. The van der Waals surface area contributed by atoms with Crippen LogP contribution in [0.1, 0.15) is 42.1 Å². The van der Waals surface area contributed by atoms with Gasteiger partial charge in [0, 0.05) is 12.5 Å². The Hall–Kier alpha value is -3.22. The molecule has 0 heterocycles. The van der Waals surface area contributed by atoms with E-state index in [-0.39, 0.29) is 17.4 Å². The third kappa shape index (κ3) is 5.65. The first-order valence-corrected chi connectivity index (χ1v) is 9.78. The fourth-order valence-electron chi connectivity index (χ4n) is 3.07. The summed E-state index contributed by atoms with van der Waals surface area (Å²) < 4.78 is 21.1. The molecule has 0 spiro atoms. The Morgan fingerprint density at radius 1 is 0.967 bits per heavy atom. The number of carbonyl (C=O) groups excluding carboxylic acids is 2. The summed E-state index contributed by atoms with van der Waals surface area (Å²) in [7, 11) is 4.39. The normalized spacial score (nSPS) is 12.4. The maximum absolute atomic E-state index is 12.6. The van der Waals surface area contributed by atoms with E-state index in [1.54, 1.807) is 0 Å². The van der Waals surface area contributed by atoms with Crippen molar-refractivity contribution in [2.24, 2.45) is 0 Å². The quantitative estimate of drug-likeness (QED) is 0.598. The van der Waals surface area contributed by atoms with Crippen molar-refractivity contribution in [3.8, 4) is 17.2 Å². The average molecular weight is 415 g/mol. The van der Waals surface area contributed by atoms with Crippen molar-refractivity contribution in [2.45, 2.75) is 32.3 Å². The van der Waals surface area contributed by atoms with Crippen molar-refractivity contribution in [2.75, 3.05) is 27.9 Å². The number of hydrogen-bond acceptors (Lipinski definition) is 6. The molecule has 7 nitrogen and oxygen atoms in total. The van der Waals surface area contributed by atoms with Gasteiger partial charge in [0.2, 0.25) is 5.75 Å². The zero-order chi connectivity index (χ0) is 22.1. The Kier molecular flexibility index (Phi) is 8.53. The lowest BCUT2D eigenvalue weighted by Gasteiger charge is -2.19. The van der Waals surface area contributed by atoms with E-state index in [0.717, 1.165) is 12.0 Å². The molecule has 2 aromatic rings. The van der Waals surface area contributed by atoms with Gasteiger partial charge in [0.1, 0.15) is 0 Å². The number of benzene rings is 2. The lowest BCUT2D eigenvalue weighted by atomic mass is 9.96. The molecule has 0 unspecified atom stereocenters. The minimum Gasteiger partial charge on any atom is -0.493 e. The highest BCUT2D eigenvalue weighted by Gasteiger charge is 2.23. The second-order valence-electron chi connectivity index (χ2n) is 6.72. The Bertz CT molecular complexity index is 827. The second-order valence-corrected chi connectivity index (χ2v) is 6.72. The van der Waals surface area contributed by atoms with Gasteiger partial charge in [-0.3, -0.25) is 4.79 Å². The molecule has 1 N–H and O–H groups in total. The smallest absolute Gasteiger partial charge is 0.339 e. The van der Waals surface area contributed by atoms with E-state index in [9.17, 15) is 9.59 Å². The molecule has 2 atom stereocenters. The Morgan fingerprint density at radius 3 is 2.07 bits per heavy atom. The molecule has 0 saturated heterocycles. The van der Waals surface area contributed by atoms with Gasteiger partial charge in [0.15, 0.2) is 17.6 Å². The van der Waals surface area contributed by atoms with Crippen molar-refractivity contribution < 1.29 is 28.5 Å². The Balaban J connectivity index is 2.02. The molecular formula is C23H29NO6. The van der Waals surface area contributed by atoms with E-state index in [4.69, 9.17) is 18.9 Å². The summed E-state index contributed by atoms with van der Waals surface area (Å²) in [5.74, 6) is 0.198. The van der Waals surface area contributed by atoms with Crippen molar-refractivity contribution in [3.05, 3.63) is 53.6 Å². The van der Waals surface area contributed by atoms with Gasteiger partial charge in [-0.25, -0.2) is 4.79 Å². The van der Waals surface area contributed by atoms with E-state index >= 15 is 0 Å². The van der Waals surface area contributed by atoms with E-state index in [0.29, 0.717) is 23.8 Å². The zero-order valence-electron chi connectivity index (χ0n) is 18.1. The van der Waals surface area contributed by atoms with Gasteiger partial charge in [-0.05, 0) is 31.0 Å². The summed E-state index contributed by atoms with van der Waals surface area (Å²) in [5, 5.41) is 2.87. The predicted molar refractivity (Wildman–Crippen MR) is 113 cm³/mol. The lowest BCUT2D eigenvalue weighted by molar-refractivity contribution is -0.129. The van der Waals surface area contributed by atoms with Crippen LogP contribution in [0.15, 0.2) is 42.5 Å². The molecule has 0 aliphatic heterocycles. The third-order valence-corrected chi connectivity index (χ3v) is 4.84. The highest BCUT2D eigenvalue weighted by molar-refractivity contribution is 5.93. The number of nitrogens with one attached hydrogen (secondary N) is 1. The van der Waals surface area contributed by atoms with Crippen LogP contribution < -0.4 is 19.5 Å². The number of methoxy groups -OCH3 is 3. The summed E-state index contributed by atoms with van der Waals surface area (Å²) in [5.41, 5.74) is 1.35. The van der Waals surface area contributed by atoms with E-state index < -0.39 is 12.1 Å². The summed E-state index contributed by atoms with van der Waals surface area (Å²) in [6.45, 7) is 4.07. The maximum Gasteiger partial charge on any atom is 0.339 e. The molecule has 162 valence electrons. The molecule has 0 aliphatic rings. The second kappa shape index (κ2) is 11.1. The highest BCUT2D eigenvalue weighted by Crippen LogP contribution is 2.38. The monoisotopic (exact) mass is 415 g/mol.